The fraction of sp³-hybridized carbons (Fsp3) is 0.250. The first-order chi connectivity index (χ1) is 7.59. The lowest BCUT2D eigenvalue weighted by molar-refractivity contribution is -0.122. The van der Waals surface area contributed by atoms with E-state index >= 15 is 0 Å². The number of benzene rings is 1. The summed E-state index contributed by atoms with van der Waals surface area (Å²) < 4.78 is 0.729. The lowest BCUT2D eigenvalue weighted by Crippen LogP contribution is -2.42. The number of nitrogens with two attached hydrogens (primary N) is 1. The topological polar surface area (TPSA) is 55.1 Å². The molecule has 1 rings (SSSR count). The van der Waals surface area contributed by atoms with Crippen LogP contribution in [-0.4, -0.2) is 18.5 Å². The summed E-state index contributed by atoms with van der Waals surface area (Å²) in [6.45, 7) is 4.04. The van der Waals surface area contributed by atoms with Gasteiger partial charge >= 0.3 is 0 Å². The molecule has 0 spiro atoms. The SMILES string of the molecule is C=C(Br)CNC(=O)[C@H](N)Cc1ccccc1. The lowest BCUT2D eigenvalue weighted by atomic mass is 10.1. The molecule has 0 aliphatic rings. The quantitative estimate of drug-likeness (QED) is 0.862. The molecular formula is C12H15BrN2O. The van der Waals surface area contributed by atoms with E-state index in [1.54, 1.807) is 0 Å². The number of carbonyl (C=O) groups excluding carboxylic acids is 1. The fourth-order valence-electron chi connectivity index (χ4n) is 1.27. The molecule has 0 saturated heterocycles. The van der Waals surface area contributed by atoms with Crippen molar-refractivity contribution in [3.05, 3.63) is 47.0 Å². The Morgan fingerprint density at radius 3 is 2.62 bits per heavy atom. The van der Waals surface area contributed by atoms with Gasteiger partial charge in [-0.1, -0.05) is 52.8 Å². The van der Waals surface area contributed by atoms with Gasteiger partial charge in [-0.25, -0.2) is 0 Å². The first kappa shape index (κ1) is 12.9. The molecule has 0 aromatic heterocycles. The number of rotatable bonds is 5. The number of halogens is 1. The summed E-state index contributed by atoms with van der Waals surface area (Å²) in [5.41, 5.74) is 6.84. The Morgan fingerprint density at radius 2 is 2.06 bits per heavy atom. The molecule has 0 heterocycles. The number of carbonyl (C=O) groups is 1. The Labute approximate surface area is 104 Å². The minimum atomic E-state index is -0.519. The maximum Gasteiger partial charge on any atom is 0.237 e. The summed E-state index contributed by atoms with van der Waals surface area (Å²) in [4.78, 5) is 11.6. The average molecular weight is 283 g/mol. The van der Waals surface area contributed by atoms with E-state index in [4.69, 9.17) is 5.73 Å². The van der Waals surface area contributed by atoms with Gasteiger partial charge in [-0.2, -0.15) is 0 Å². The molecule has 0 unspecified atom stereocenters. The van der Waals surface area contributed by atoms with Crippen molar-refractivity contribution in [2.24, 2.45) is 5.73 Å². The van der Waals surface area contributed by atoms with Gasteiger partial charge < -0.3 is 11.1 Å². The minimum Gasteiger partial charge on any atom is -0.350 e. The summed E-state index contributed by atoms with van der Waals surface area (Å²) in [6.07, 6.45) is 0.543. The van der Waals surface area contributed by atoms with E-state index in [0.717, 1.165) is 10.0 Å². The zero-order chi connectivity index (χ0) is 12.0. The van der Waals surface area contributed by atoms with Crippen LogP contribution in [0, 0.1) is 0 Å². The van der Waals surface area contributed by atoms with Crippen LogP contribution in [0.1, 0.15) is 5.56 Å². The van der Waals surface area contributed by atoms with Gasteiger partial charge in [0.05, 0.1) is 6.04 Å². The molecule has 3 N–H and O–H groups in total. The highest BCUT2D eigenvalue weighted by atomic mass is 79.9. The van der Waals surface area contributed by atoms with Crippen molar-refractivity contribution in [3.63, 3.8) is 0 Å². The largest absolute Gasteiger partial charge is 0.350 e. The van der Waals surface area contributed by atoms with Crippen LogP contribution in [0.3, 0.4) is 0 Å². The number of hydrogen-bond acceptors (Lipinski definition) is 2. The normalized spacial score (nSPS) is 11.9. The Morgan fingerprint density at radius 1 is 1.44 bits per heavy atom. The fourth-order valence-corrected chi connectivity index (χ4v) is 1.42. The average Bonchev–Trinajstić information content (AvgIpc) is 2.27. The van der Waals surface area contributed by atoms with E-state index in [9.17, 15) is 4.79 Å². The summed E-state index contributed by atoms with van der Waals surface area (Å²) in [5, 5.41) is 2.69. The number of hydrogen-bond donors (Lipinski definition) is 2. The maximum absolute atomic E-state index is 11.6. The van der Waals surface area contributed by atoms with Crippen molar-refractivity contribution in [2.75, 3.05) is 6.54 Å². The van der Waals surface area contributed by atoms with E-state index in [2.05, 4.69) is 27.8 Å². The predicted octanol–water partition coefficient (Wildman–Crippen LogP) is 1.58. The molecule has 0 fully saturated rings. The van der Waals surface area contributed by atoms with Crippen LogP contribution in [0.2, 0.25) is 0 Å². The summed E-state index contributed by atoms with van der Waals surface area (Å²) >= 11 is 3.17. The van der Waals surface area contributed by atoms with E-state index in [1.807, 2.05) is 30.3 Å². The van der Waals surface area contributed by atoms with Crippen LogP contribution >= 0.6 is 15.9 Å². The van der Waals surface area contributed by atoms with Gasteiger partial charge in [0, 0.05) is 11.0 Å². The van der Waals surface area contributed by atoms with Crippen molar-refractivity contribution in [3.8, 4) is 0 Å². The van der Waals surface area contributed by atoms with Crippen LogP contribution in [-0.2, 0) is 11.2 Å². The third kappa shape index (κ3) is 4.59. The molecule has 0 bridgehead atoms. The Hall–Kier alpha value is -1.13. The Balaban J connectivity index is 2.43. The van der Waals surface area contributed by atoms with Gasteiger partial charge in [0.15, 0.2) is 0 Å². The second-order valence-electron chi connectivity index (χ2n) is 3.53. The third-order valence-electron chi connectivity index (χ3n) is 2.09. The van der Waals surface area contributed by atoms with Crippen LogP contribution in [0.15, 0.2) is 41.4 Å². The second-order valence-corrected chi connectivity index (χ2v) is 4.65. The molecule has 86 valence electrons. The van der Waals surface area contributed by atoms with Gasteiger partial charge in [-0.05, 0) is 12.0 Å². The lowest BCUT2D eigenvalue weighted by Gasteiger charge is -2.11. The van der Waals surface area contributed by atoms with Crippen molar-refractivity contribution >= 4 is 21.8 Å². The highest BCUT2D eigenvalue weighted by molar-refractivity contribution is 9.11. The van der Waals surface area contributed by atoms with Crippen LogP contribution in [0.25, 0.3) is 0 Å². The molecule has 16 heavy (non-hydrogen) atoms. The highest BCUT2D eigenvalue weighted by Gasteiger charge is 2.13. The zero-order valence-electron chi connectivity index (χ0n) is 8.95. The van der Waals surface area contributed by atoms with Gasteiger partial charge in [0.2, 0.25) is 5.91 Å². The molecule has 0 aliphatic heterocycles. The molecule has 3 nitrogen and oxygen atoms in total. The number of nitrogens with one attached hydrogen (secondary N) is 1. The van der Waals surface area contributed by atoms with Crippen LogP contribution < -0.4 is 11.1 Å². The summed E-state index contributed by atoms with van der Waals surface area (Å²) in [5.74, 6) is -0.163. The van der Waals surface area contributed by atoms with Gasteiger partial charge in [0.1, 0.15) is 0 Å². The smallest absolute Gasteiger partial charge is 0.237 e. The molecule has 4 heteroatoms. The molecule has 0 saturated carbocycles. The van der Waals surface area contributed by atoms with Crippen LogP contribution in [0.5, 0.6) is 0 Å². The second kappa shape index (κ2) is 6.45. The monoisotopic (exact) mass is 282 g/mol. The van der Waals surface area contributed by atoms with Gasteiger partial charge in [0.25, 0.3) is 0 Å². The summed E-state index contributed by atoms with van der Waals surface area (Å²) in [7, 11) is 0. The molecular weight excluding hydrogens is 268 g/mol. The summed E-state index contributed by atoms with van der Waals surface area (Å²) in [6, 6.07) is 9.19. The highest BCUT2D eigenvalue weighted by Crippen LogP contribution is 2.02. The Kier molecular flexibility index (Phi) is 5.22. The molecule has 1 aromatic carbocycles. The van der Waals surface area contributed by atoms with E-state index in [1.165, 1.54) is 0 Å². The van der Waals surface area contributed by atoms with E-state index < -0.39 is 6.04 Å². The molecule has 1 amide bonds. The standard InChI is InChI=1S/C12H15BrN2O/c1-9(13)8-15-12(16)11(14)7-10-5-3-2-4-6-10/h2-6,11H,1,7-8,14H2,(H,15,16)/t11-/m1/s1. The van der Waals surface area contributed by atoms with Gasteiger partial charge in [-0.15, -0.1) is 0 Å². The predicted molar refractivity (Wildman–Crippen MR) is 69.2 cm³/mol. The van der Waals surface area contributed by atoms with Gasteiger partial charge in [-0.3, -0.25) is 4.79 Å². The molecule has 0 aliphatic carbocycles. The molecule has 1 aromatic rings. The zero-order valence-corrected chi connectivity index (χ0v) is 10.5. The third-order valence-corrected chi connectivity index (χ3v) is 2.37. The Bertz CT molecular complexity index is 365. The first-order valence-corrected chi connectivity index (χ1v) is 5.79. The minimum absolute atomic E-state index is 0.163. The van der Waals surface area contributed by atoms with Crippen molar-refractivity contribution < 1.29 is 4.79 Å². The molecule has 0 radical (unpaired) electrons. The van der Waals surface area contributed by atoms with Crippen LogP contribution in [0.4, 0.5) is 0 Å². The maximum atomic E-state index is 11.6. The van der Waals surface area contributed by atoms with E-state index in [0.29, 0.717) is 13.0 Å². The molecule has 1 atom stereocenters. The number of amides is 1. The van der Waals surface area contributed by atoms with Crippen molar-refractivity contribution in [2.45, 2.75) is 12.5 Å². The van der Waals surface area contributed by atoms with E-state index in [-0.39, 0.29) is 5.91 Å². The van der Waals surface area contributed by atoms with Crippen molar-refractivity contribution in [1.29, 1.82) is 0 Å². The first-order valence-electron chi connectivity index (χ1n) is 5.00. The van der Waals surface area contributed by atoms with Crippen molar-refractivity contribution in [1.82, 2.24) is 5.32 Å².